The van der Waals surface area contributed by atoms with Crippen LogP contribution in [0, 0.1) is 5.92 Å². The molecule has 0 aliphatic carbocycles. The fourth-order valence-electron chi connectivity index (χ4n) is 1.17. The minimum Gasteiger partial charge on any atom is -0.0991 e. The van der Waals surface area contributed by atoms with Crippen LogP contribution in [-0.2, 0) is 0 Å². The molecule has 0 nitrogen and oxygen atoms in total. The second-order valence-electron chi connectivity index (χ2n) is 2.80. The molecular formula is C11H18. The molecule has 0 saturated carbocycles. The van der Waals surface area contributed by atoms with Gasteiger partial charge in [-0.25, -0.2) is 0 Å². The van der Waals surface area contributed by atoms with E-state index in [0.717, 1.165) is 0 Å². The lowest BCUT2D eigenvalue weighted by atomic mass is 9.96. The molecule has 0 aromatic carbocycles. The Morgan fingerprint density at radius 1 is 1.45 bits per heavy atom. The van der Waals surface area contributed by atoms with Gasteiger partial charge in [0.15, 0.2) is 0 Å². The molecule has 1 unspecified atom stereocenters. The molecule has 0 fully saturated rings. The van der Waals surface area contributed by atoms with Crippen LogP contribution >= 0.6 is 0 Å². The smallest absolute Gasteiger partial charge is 0.0191 e. The molecule has 0 saturated heterocycles. The minimum atomic E-state index is 0.621. The van der Waals surface area contributed by atoms with Crippen molar-refractivity contribution in [2.75, 3.05) is 0 Å². The van der Waals surface area contributed by atoms with Gasteiger partial charge in [-0.1, -0.05) is 51.7 Å². The number of rotatable bonds is 5. The van der Waals surface area contributed by atoms with E-state index in [-0.39, 0.29) is 0 Å². The predicted molar refractivity (Wildman–Crippen MR) is 52.5 cm³/mol. The van der Waals surface area contributed by atoms with E-state index < -0.39 is 0 Å². The zero-order valence-electron chi connectivity index (χ0n) is 7.64. The maximum absolute atomic E-state index is 3.77. The van der Waals surface area contributed by atoms with Gasteiger partial charge in [0, 0.05) is 0 Å². The van der Waals surface area contributed by atoms with Crippen LogP contribution in [0.2, 0.25) is 0 Å². The Bertz CT molecular complexity index is 151. The Labute approximate surface area is 70.3 Å². The van der Waals surface area contributed by atoms with Crippen LogP contribution < -0.4 is 0 Å². The average Bonchev–Trinajstić information content (AvgIpc) is 2.00. The Hall–Kier alpha value is -0.780. The number of allylic oxidation sites excluding steroid dienone is 4. The van der Waals surface area contributed by atoms with Crippen molar-refractivity contribution in [3.8, 4) is 0 Å². The number of hydrogen-bond acceptors (Lipinski definition) is 0. The van der Waals surface area contributed by atoms with E-state index in [2.05, 4.69) is 27.0 Å². The fourth-order valence-corrected chi connectivity index (χ4v) is 1.17. The lowest BCUT2D eigenvalue weighted by Crippen LogP contribution is -1.95. The van der Waals surface area contributed by atoms with E-state index in [0.29, 0.717) is 5.92 Å². The summed E-state index contributed by atoms with van der Waals surface area (Å²) in [6.07, 6.45) is 8.23. The maximum atomic E-state index is 3.77. The van der Waals surface area contributed by atoms with Gasteiger partial charge >= 0.3 is 0 Å². The second-order valence-corrected chi connectivity index (χ2v) is 2.80. The van der Waals surface area contributed by atoms with E-state index in [1.54, 1.807) is 0 Å². The van der Waals surface area contributed by atoms with Gasteiger partial charge in [-0.05, 0) is 17.9 Å². The van der Waals surface area contributed by atoms with Gasteiger partial charge in [-0.3, -0.25) is 0 Å². The molecule has 0 heterocycles. The van der Waals surface area contributed by atoms with Crippen LogP contribution in [0.1, 0.15) is 26.7 Å². The highest BCUT2D eigenvalue weighted by Gasteiger charge is 2.01. The molecule has 0 N–H and O–H groups in total. The Kier molecular flexibility index (Phi) is 5.54. The minimum absolute atomic E-state index is 0.621. The van der Waals surface area contributed by atoms with Crippen LogP contribution in [0.3, 0.4) is 0 Å². The Morgan fingerprint density at radius 2 is 2.09 bits per heavy atom. The van der Waals surface area contributed by atoms with Crippen molar-refractivity contribution < 1.29 is 0 Å². The molecule has 0 aromatic heterocycles. The average molecular weight is 150 g/mol. The quantitative estimate of drug-likeness (QED) is 0.524. The molecule has 0 bridgehead atoms. The van der Waals surface area contributed by atoms with Crippen LogP contribution in [0.15, 0.2) is 37.0 Å². The number of hydrogen-bond donors (Lipinski definition) is 0. The summed E-state index contributed by atoms with van der Waals surface area (Å²) >= 11 is 0. The maximum Gasteiger partial charge on any atom is -0.0191 e. The van der Waals surface area contributed by atoms with E-state index in [4.69, 9.17) is 0 Å². The Balaban J connectivity index is 4.12. The highest BCUT2D eigenvalue weighted by molar-refractivity contribution is 5.23. The van der Waals surface area contributed by atoms with Gasteiger partial charge in [0.05, 0.1) is 0 Å². The normalized spacial score (nSPS) is 14.2. The molecule has 0 amide bonds. The topological polar surface area (TPSA) is 0 Å². The third-order valence-corrected chi connectivity index (χ3v) is 1.84. The first-order chi connectivity index (χ1) is 5.26. The zero-order valence-corrected chi connectivity index (χ0v) is 7.64. The van der Waals surface area contributed by atoms with Crippen LogP contribution in [-0.4, -0.2) is 0 Å². The monoisotopic (exact) mass is 150 g/mol. The molecule has 0 aliphatic heterocycles. The van der Waals surface area contributed by atoms with E-state index in [9.17, 15) is 0 Å². The summed E-state index contributed by atoms with van der Waals surface area (Å²) in [6, 6.07) is 0. The van der Waals surface area contributed by atoms with E-state index in [1.807, 2.05) is 18.2 Å². The summed E-state index contributed by atoms with van der Waals surface area (Å²) in [5, 5.41) is 0. The third-order valence-electron chi connectivity index (χ3n) is 1.84. The SMILES string of the molecule is C=C/C=C(\C=C)C(C)CCC. The molecule has 0 spiro atoms. The molecule has 0 aliphatic rings. The molecule has 0 aromatic rings. The summed E-state index contributed by atoms with van der Waals surface area (Å²) < 4.78 is 0. The zero-order chi connectivity index (χ0) is 8.69. The lowest BCUT2D eigenvalue weighted by molar-refractivity contribution is 0.613. The van der Waals surface area contributed by atoms with Gasteiger partial charge in [-0.2, -0.15) is 0 Å². The summed E-state index contributed by atoms with van der Waals surface area (Å²) in [5.41, 5.74) is 1.29. The molecule has 62 valence electrons. The molecule has 0 rings (SSSR count). The van der Waals surface area contributed by atoms with Gasteiger partial charge in [0.2, 0.25) is 0 Å². The van der Waals surface area contributed by atoms with Crippen LogP contribution in [0.4, 0.5) is 0 Å². The van der Waals surface area contributed by atoms with Gasteiger partial charge in [-0.15, -0.1) is 0 Å². The molecule has 0 heteroatoms. The van der Waals surface area contributed by atoms with Crippen molar-refractivity contribution in [3.63, 3.8) is 0 Å². The standard InChI is InChI=1S/C11H18/c1-5-8-10(4)11(7-3)9-6-2/h6-7,9-10H,2-3,5,8H2,1,4H3/b11-9+. The van der Waals surface area contributed by atoms with Crippen LogP contribution in [0.25, 0.3) is 0 Å². The summed E-state index contributed by atoms with van der Waals surface area (Å²) in [5.74, 6) is 0.621. The fraction of sp³-hybridized carbons (Fsp3) is 0.455. The molecule has 1 atom stereocenters. The van der Waals surface area contributed by atoms with E-state index in [1.165, 1.54) is 18.4 Å². The highest BCUT2D eigenvalue weighted by atomic mass is 14.1. The van der Waals surface area contributed by atoms with Crippen molar-refractivity contribution in [2.45, 2.75) is 26.7 Å². The van der Waals surface area contributed by atoms with Crippen LogP contribution in [0.5, 0.6) is 0 Å². The largest absolute Gasteiger partial charge is 0.0991 e. The van der Waals surface area contributed by atoms with Gasteiger partial charge in [0.1, 0.15) is 0 Å². The second kappa shape index (κ2) is 5.96. The van der Waals surface area contributed by atoms with Crippen molar-refractivity contribution >= 4 is 0 Å². The van der Waals surface area contributed by atoms with Crippen molar-refractivity contribution in [1.82, 2.24) is 0 Å². The predicted octanol–water partition coefficient (Wildman–Crippen LogP) is 3.72. The molecule has 11 heavy (non-hydrogen) atoms. The summed E-state index contributed by atoms with van der Waals surface area (Å²) in [6.45, 7) is 11.9. The molecule has 0 radical (unpaired) electrons. The third kappa shape index (κ3) is 3.82. The summed E-state index contributed by atoms with van der Waals surface area (Å²) in [7, 11) is 0. The first-order valence-electron chi connectivity index (χ1n) is 4.21. The molecular weight excluding hydrogens is 132 g/mol. The van der Waals surface area contributed by atoms with Crippen molar-refractivity contribution in [3.05, 3.63) is 37.0 Å². The van der Waals surface area contributed by atoms with Crippen molar-refractivity contribution in [2.24, 2.45) is 5.92 Å². The first-order valence-corrected chi connectivity index (χ1v) is 4.21. The Morgan fingerprint density at radius 3 is 2.45 bits per heavy atom. The lowest BCUT2D eigenvalue weighted by Gasteiger charge is -2.09. The highest BCUT2D eigenvalue weighted by Crippen LogP contribution is 2.16. The first kappa shape index (κ1) is 10.2. The van der Waals surface area contributed by atoms with Crippen molar-refractivity contribution in [1.29, 1.82) is 0 Å². The van der Waals surface area contributed by atoms with Gasteiger partial charge < -0.3 is 0 Å². The summed E-state index contributed by atoms with van der Waals surface area (Å²) in [4.78, 5) is 0. The van der Waals surface area contributed by atoms with Gasteiger partial charge in [0.25, 0.3) is 0 Å². The van der Waals surface area contributed by atoms with E-state index >= 15 is 0 Å².